The Morgan fingerprint density at radius 2 is 1.43 bits per heavy atom. The molecule has 2 aromatic carbocycles. The Labute approximate surface area is 134 Å². The Morgan fingerprint density at radius 1 is 0.913 bits per heavy atom. The fourth-order valence-electron chi connectivity index (χ4n) is 2.05. The van der Waals surface area contributed by atoms with Crippen molar-refractivity contribution in [3.05, 3.63) is 65.2 Å². The molecule has 0 saturated carbocycles. The molecule has 0 aromatic heterocycles. The first kappa shape index (κ1) is 16.9. The Bertz CT molecular complexity index is 818. The number of ether oxygens (including phenoxy) is 1. The quantitative estimate of drug-likeness (QED) is 0.620. The first-order valence-electron chi connectivity index (χ1n) is 6.82. The number of Topliss-reactive ketones (excluding diaryl/α,β-unsaturated/α-hetero) is 1. The van der Waals surface area contributed by atoms with Gasteiger partial charge in [0.1, 0.15) is 0 Å². The second-order valence-corrected chi connectivity index (χ2v) is 7.10. The van der Waals surface area contributed by atoms with Crippen molar-refractivity contribution in [1.29, 1.82) is 0 Å². The van der Waals surface area contributed by atoms with Gasteiger partial charge >= 0.3 is 5.97 Å². The Morgan fingerprint density at radius 3 is 1.91 bits per heavy atom. The maximum atomic E-state index is 12.2. The lowest BCUT2D eigenvalue weighted by atomic mass is 10.0. The number of hydrogen-bond donors (Lipinski definition) is 0. The smallest absolute Gasteiger partial charge is 0.337 e. The summed E-state index contributed by atoms with van der Waals surface area (Å²) in [4.78, 5) is 23.7. The molecule has 23 heavy (non-hydrogen) atoms. The van der Waals surface area contributed by atoms with E-state index in [-0.39, 0.29) is 17.1 Å². The van der Waals surface area contributed by atoms with E-state index in [1.807, 2.05) is 0 Å². The van der Waals surface area contributed by atoms with Crippen molar-refractivity contribution in [2.45, 2.75) is 11.3 Å². The summed E-state index contributed by atoms with van der Waals surface area (Å²) in [5.41, 5.74) is 1.62. The van der Waals surface area contributed by atoms with Crippen LogP contribution in [0.1, 0.15) is 26.3 Å². The molecule has 120 valence electrons. The number of esters is 1. The largest absolute Gasteiger partial charge is 0.465 e. The summed E-state index contributed by atoms with van der Waals surface area (Å²) in [5.74, 6) is -0.560. The monoisotopic (exact) mass is 332 g/mol. The van der Waals surface area contributed by atoms with Crippen molar-refractivity contribution in [2.75, 3.05) is 13.4 Å². The molecule has 0 radical (unpaired) electrons. The molecule has 2 rings (SSSR count). The summed E-state index contributed by atoms with van der Waals surface area (Å²) in [6.45, 7) is 0. The highest BCUT2D eigenvalue weighted by molar-refractivity contribution is 7.90. The zero-order chi connectivity index (χ0) is 17.0. The van der Waals surface area contributed by atoms with Crippen molar-refractivity contribution in [3.8, 4) is 0 Å². The summed E-state index contributed by atoms with van der Waals surface area (Å²) in [6, 6.07) is 12.4. The SMILES string of the molecule is COC(=O)c1ccc(CC(=O)c2ccc(S(C)(=O)=O)cc2)cc1. The minimum Gasteiger partial charge on any atom is -0.465 e. The minimum absolute atomic E-state index is 0.129. The van der Waals surface area contributed by atoms with Crippen LogP contribution in [0.5, 0.6) is 0 Å². The number of benzene rings is 2. The number of carbonyl (C=O) groups is 2. The molecule has 6 heteroatoms. The normalized spacial score (nSPS) is 11.0. The van der Waals surface area contributed by atoms with E-state index in [1.165, 1.54) is 31.4 Å². The molecule has 0 N–H and O–H groups in total. The Kier molecular flexibility index (Phi) is 4.95. The molecule has 0 atom stereocenters. The first-order chi connectivity index (χ1) is 10.8. The van der Waals surface area contributed by atoms with Crippen LogP contribution in [0.4, 0.5) is 0 Å². The maximum Gasteiger partial charge on any atom is 0.337 e. The predicted octanol–water partition coefficient (Wildman–Crippen LogP) is 2.30. The zero-order valence-corrected chi connectivity index (χ0v) is 13.6. The highest BCUT2D eigenvalue weighted by Crippen LogP contribution is 2.13. The van der Waals surface area contributed by atoms with E-state index < -0.39 is 15.8 Å². The average Bonchev–Trinajstić information content (AvgIpc) is 2.54. The van der Waals surface area contributed by atoms with Crippen molar-refractivity contribution in [3.63, 3.8) is 0 Å². The van der Waals surface area contributed by atoms with Gasteiger partial charge in [-0.25, -0.2) is 13.2 Å². The van der Waals surface area contributed by atoms with Gasteiger partial charge in [0.25, 0.3) is 0 Å². The van der Waals surface area contributed by atoms with Gasteiger partial charge in [0.15, 0.2) is 15.6 Å². The highest BCUT2D eigenvalue weighted by atomic mass is 32.2. The van der Waals surface area contributed by atoms with Crippen molar-refractivity contribution >= 4 is 21.6 Å². The summed E-state index contributed by atoms with van der Waals surface area (Å²) < 4.78 is 27.4. The molecule has 0 saturated heterocycles. The molecule has 0 fully saturated rings. The standard InChI is InChI=1S/C17H16O5S/c1-22-17(19)14-5-3-12(4-6-14)11-16(18)13-7-9-15(10-8-13)23(2,20)21/h3-10H,11H2,1-2H3. The Hall–Kier alpha value is -2.47. The molecule has 2 aromatic rings. The lowest BCUT2D eigenvalue weighted by Crippen LogP contribution is -2.06. The van der Waals surface area contributed by atoms with Gasteiger partial charge in [0.2, 0.25) is 0 Å². The maximum absolute atomic E-state index is 12.2. The molecule has 0 bridgehead atoms. The van der Waals surface area contributed by atoms with Gasteiger partial charge in [-0.15, -0.1) is 0 Å². The second kappa shape index (κ2) is 6.75. The van der Waals surface area contributed by atoms with Crippen LogP contribution in [-0.4, -0.2) is 33.5 Å². The van der Waals surface area contributed by atoms with Crippen LogP contribution in [0, 0.1) is 0 Å². The van der Waals surface area contributed by atoms with E-state index in [0.717, 1.165) is 11.8 Å². The van der Waals surface area contributed by atoms with Crippen molar-refractivity contribution in [2.24, 2.45) is 0 Å². The summed E-state index contributed by atoms with van der Waals surface area (Å²) in [5, 5.41) is 0. The molecule has 0 amide bonds. The second-order valence-electron chi connectivity index (χ2n) is 5.09. The summed E-state index contributed by atoms with van der Waals surface area (Å²) in [7, 11) is -1.97. The van der Waals surface area contributed by atoms with Crippen LogP contribution in [0.25, 0.3) is 0 Å². The van der Waals surface area contributed by atoms with Gasteiger partial charge in [-0.3, -0.25) is 4.79 Å². The molecule has 0 heterocycles. The van der Waals surface area contributed by atoms with Crippen molar-refractivity contribution in [1.82, 2.24) is 0 Å². The van der Waals surface area contributed by atoms with Gasteiger partial charge in [-0.2, -0.15) is 0 Å². The molecule has 0 spiro atoms. The fourth-order valence-corrected chi connectivity index (χ4v) is 2.68. The first-order valence-corrected chi connectivity index (χ1v) is 8.71. The molecule has 0 aliphatic carbocycles. The molecular formula is C17H16O5S. The van der Waals surface area contributed by atoms with Crippen LogP contribution < -0.4 is 0 Å². The topological polar surface area (TPSA) is 77.5 Å². The van der Waals surface area contributed by atoms with Gasteiger partial charge in [0.05, 0.1) is 17.6 Å². The highest BCUT2D eigenvalue weighted by Gasteiger charge is 2.11. The van der Waals surface area contributed by atoms with E-state index in [2.05, 4.69) is 4.74 Å². The van der Waals surface area contributed by atoms with E-state index in [0.29, 0.717) is 11.1 Å². The van der Waals surface area contributed by atoms with Crippen molar-refractivity contribution < 1.29 is 22.7 Å². The number of ketones is 1. The van der Waals surface area contributed by atoms with E-state index >= 15 is 0 Å². The molecule has 0 unspecified atom stereocenters. The van der Waals surface area contributed by atoms with E-state index in [4.69, 9.17) is 0 Å². The number of carbonyl (C=O) groups excluding carboxylic acids is 2. The molecule has 0 aliphatic heterocycles. The predicted molar refractivity (Wildman–Crippen MR) is 85.4 cm³/mol. The van der Waals surface area contributed by atoms with Gasteiger partial charge in [0, 0.05) is 18.2 Å². The molecular weight excluding hydrogens is 316 g/mol. The van der Waals surface area contributed by atoms with Crippen LogP contribution in [0.3, 0.4) is 0 Å². The molecule has 0 aliphatic rings. The Balaban J connectivity index is 2.11. The molecule has 5 nitrogen and oxygen atoms in total. The summed E-state index contributed by atoms with van der Waals surface area (Å²) in [6.07, 6.45) is 1.28. The zero-order valence-electron chi connectivity index (χ0n) is 12.8. The number of methoxy groups -OCH3 is 1. The van der Waals surface area contributed by atoms with Crippen LogP contribution >= 0.6 is 0 Å². The third-order valence-corrected chi connectivity index (χ3v) is 4.47. The van der Waals surface area contributed by atoms with Crippen LogP contribution in [-0.2, 0) is 21.0 Å². The van der Waals surface area contributed by atoms with Crippen LogP contribution in [0.2, 0.25) is 0 Å². The van der Waals surface area contributed by atoms with Gasteiger partial charge < -0.3 is 4.74 Å². The number of hydrogen-bond acceptors (Lipinski definition) is 5. The van der Waals surface area contributed by atoms with Crippen LogP contribution in [0.15, 0.2) is 53.4 Å². The fraction of sp³-hybridized carbons (Fsp3) is 0.176. The number of rotatable bonds is 5. The lowest BCUT2D eigenvalue weighted by Gasteiger charge is -2.04. The van der Waals surface area contributed by atoms with Gasteiger partial charge in [-0.1, -0.05) is 24.3 Å². The number of sulfone groups is 1. The van der Waals surface area contributed by atoms with E-state index in [1.54, 1.807) is 24.3 Å². The third kappa shape index (κ3) is 4.26. The average molecular weight is 332 g/mol. The summed E-state index contributed by atoms with van der Waals surface area (Å²) >= 11 is 0. The lowest BCUT2D eigenvalue weighted by molar-refractivity contribution is 0.0600. The third-order valence-electron chi connectivity index (χ3n) is 3.34. The van der Waals surface area contributed by atoms with E-state index in [9.17, 15) is 18.0 Å². The van der Waals surface area contributed by atoms with Gasteiger partial charge in [-0.05, 0) is 29.8 Å². The minimum atomic E-state index is -3.27.